The molecule has 5 heteroatoms. The third kappa shape index (κ3) is 4.05. The molecule has 1 unspecified atom stereocenters. The van der Waals surface area contributed by atoms with Crippen LogP contribution in [-0.4, -0.2) is 17.4 Å². The summed E-state index contributed by atoms with van der Waals surface area (Å²) in [6.45, 7) is 5.57. The van der Waals surface area contributed by atoms with Crippen LogP contribution in [0.1, 0.15) is 38.8 Å². The Bertz CT molecular complexity index is 485. The highest BCUT2D eigenvalue weighted by Gasteiger charge is 2.25. The first-order valence-electron chi connectivity index (χ1n) is 6.27. The smallest absolute Gasteiger partial charge is 0.408 e. The summed E-state index contributed by atoms with van der Waals surface area (Å²) in [6, 6.07) is 5.78. The van der Waals surface area contributed by atoms with Crippen molar-refractivity contribution in [1.29, 1.82) is 0 Å². The van der Waals surface area contributed by atoms with Crippen LogP contribution in [0.2, 0.25) is 5.02 Å². The van der Waals surface area contributed by atoms with Crippen LogP contribution in [0.5, 0.6) is 0 Å². The van der Waals surface area contributed by atoms with Crippen LogP contribution < -0.4 is 5.32 Å². The van der Waals surface area contributed by atoms with Crippen LogP contribution in [0, 0.1) is 0 Å². The standard InChI is InChI=1S/C14H18ClNO2S/c1-14(2,3)18-13(17)16-11-6-7-19-12-5-4-9(15)8-10(11)12/h4-5,8,11H,6-7H2,1-3H3,(H,16,17). The number of thioether (sulfide) groups is 1. The van der Waals surface area contributed by atoms with Crippen molar-refractivity contribution in [3.8, 4) is 0 Å². The van der Waals surface area contributed by atoms with Crippen molar-refractivity contribution in [1.82, 2.24) is 5.32 Å². The Morgan fingerprint density at radius 3 is 2.89 bits per heavy atom. The van der Waals surface area contributed by atoms with E-state index in [1.165, 1.54) is 4.90 Å². The third-order valence-electron chi connectivity index (χ3n) is 2.70. The molecule has 0 radical (unpaired) electrons. The number of carbonyl (C=O) groups excluding carboxylic acids is 1. The molecule has 0 saturated heterocycles. The Balaban J connectivity index is 2.11. The molecule has 0 aliphatic carbocycles. The van der Waals surface area contributed by atoms with E-state index in [1.54, 1.807) is 11.8 Å². The number of alkyl carbamates (subject to hydrolysis) is 1. The molecule has 2 rings (SSSR count). The van der Waals surface area contributed by atoms with Crippen molar-refractivity contribution in [2.75, 3.05) is 5.75 Å². The van der Waals surface area contributed by atoms with E-state index in [4.69, 9.17) is 16.3 Å². The summed E-state index contributed by atoms with van der Waals surface area (Å²) in [6.07, 6.45) is 0.507. The minimum atomic E-state index is -0.481. The Labute approximate surface area is 123 Å². The van der Waals surface area contributed by atoms with Crippen molar-refractivity contribution >= 4 is 29.5 Å². The topological polar surface area (TPSA) is 38.3 Å². The first kappa shape index (κ1) is 14.5. The summed E-state index contributed by atoms with van der Waals surface area (Å²) in [5.74, 6) is 0.981. The number of hydrogen-bond acceptors (Lipinski definition) is 3. The fourth-order valence-electron chi connectivity index (χ4n) is 1.97. The third-order valence-corrected chi connectivity index (χ3v) is 4.06. The number of rotatable bonds is 1. The monoisotopic (exact) mass is 299 g/mol. The van der Waals surface area contributed by atoms with Crippen LogP contribution in [0.4, 0.5) is 4.79 Å². The second-order valence-electron chi connectivity index (χ2n) is 5.52. The maximum atomic E-state index is 11.8. The van der Waals surface area contributed by atoms with Gasteiger partial charge in [0.1, 0.15) is 5.60 Å². The van der Waals surface area contributed by atoms with Crippen LogP contribution >= 0.6 is 23.4 Å². The average Bonchev–Trinajstić information content (AvgIpc) is 2.27. The number of halogens is 1. The van der Waals surface area contributed by atoms with E-state index in [0.29, 0.717) is 5.02 Å². The lowest BCUT2D eigenvalue weighted by atomic mass is 10.0. The van der Waals surface area contributed by atoms with Gasteiger partial charge in [-0.05, 0) is 51.0 Å². The van der Waals surface area contributed by atoms with E-state index in [0.717, 1.165) is 17.7 Å². The molecule has 0 aromatic heterocycles. The fraction of sp³-hybridized carbons (Fsp3) is 0.500. The first-order valence-corrected chi connectivity index (χ1v) is 7.63. The van der Waals surface area contributed by atoms with E-state index in [1.807, 2.05) is 39.0 Å². The van der Waals surface area contributed by atoms with Gasteiger partial charge in [0.05, 0.1) is 6.04 Å². The minimum Gasteiger partial charge on any atom is -0.444 e. The van der Waals surface area contributed by atoms with Gasteiger partial charge in [0.2, 0.25) is 0 Å². The minimum absolute atomic E-state index is 0.0233. The number of hydrogen-bond donors (Lipinski definition) is 1. The molecule has 19 heavy (non-hydrogen) atoms. The normalized spacial score (nSPS) is 18.6. The van der Waals surface area contributed by atoms with Crippen LogP contribution in [0.15, 0.2) is 23.1 Å². The van der Waals surface area contributed by atoms with Crippen molar-refractivity contribution in [3.05, 3.63) is 28.8 Å². The quantitative estimate of drug-likeness (QED) is 0.835. The lowest BCUT2D eigenvalue weighted by molar-refractivity contribution is 0.0501. The van der Waals surface area contributed by atoms with Crippen LogP contribution in [0.3, 0.4) is 0 Å². The Hall–Kier alpha value is -0.870. The average molecular weight is 300 g/mol. The maximum Gasteiger partial charge on any atom is 0.408 e. The molecular weight excluding hydrogens is 282 g/mol. The Morgan fingerprint density at radius 1 is 1.47 bits per heavy atom. The van der Waals surface area contributed by atoms with E-state index >= 15 is 0 Å². The summed E-state index contributed by atoms with van der Waals surface area (Å²) in [5.41, 5.74) is 0.597. The molecule has 1 amide bonds. The molecule has 1 N–H and O–H groups in total. The zero-order chi connectivity index (χ0) is 14.0. The van der Waals surface area contributed by atoms with Crippen molar-refractivity contribution < 1.29 is 9.53 Å². The Kier molecular flexibility index (Phi) is 4.31. The molecule has 0 bridgehead atoms. The van der Waals surface area contributed by atoms with E-state index in [2.05, 4.69) is 5.32 Å². The van der Waals surface area contributed by atoms with Gasteiger partial charge in [-0.2, -0.15) is 0 Å². The van der Waals surface area contributed by atoms with Gasteiger partial charge >= 0.3 is 6.09 Å². The molecule has 1 aliphatic heterocycles. The predicted molar refractivity (Wildman–Crippen MR) is 78.9 cm³/mol. The molecule has 0 fully saturated rings. The second kappa shape index (κ2) is 5.63. The van der Waals surface area contributed by atoms with Gasteiger partial charge in [0.15, 0.2) is 0 Å². The van der Waals surface area contributed by atoms with Gasteiger partial charge in [-0.15, -0.1) is 11.8 Å². The highest BCUT2D eigenvalue weighted by atomic mass is 35.5. The SMILES string of the molecule is CC(C)(C)OC(=O)NC1CCSc2ccc(Cl)cc21. The number of ether oxygens (including phenoxy) is 1. The zero-order valence-corrected chi connectivity index (χ0v) is 12.9. The largest absolute Gasteiger partial charge is 0.444 e. The molecule has 1 aromatic carbocycles. The van der Waals surface area contributed by atoms with Gasteiger partial charge < -0.3 is 10.1 Å². The van der Waals surface area contributed by atoms with Crippen molar-refractivity contribution in [2.24, 2.45) is 0 Å². The number of carbonyl (C=O) groups is 1. The summed E-state index contributed by atoms with van der Waals surface area (Å²) in [7, 11) is 0. The number of benzene rings is 1. The lowest BCUT2D eigenvalue weighted by Crippen LogP contribution is -2.36. The number of nitrogens with one attached hydrogen (secondary N) is 1. The van der Waals surface area contributed by atoms with Gasteiger partial charge in [0, 0.05) is 15.7 Å². The molecule has 0 spiro atoms. The fourth-order valence-corrected chi connectivity index (χ4v) is 3.25. The van der Waals surface area contributed by atoms with Gasteiger partial charge in [-0.25, -0.2) is 4.79 Å². The highest BCUT2D eigenvalue weighted by Crippen LogP contribution is 2.37. The van der Waals surface area contributed by atoms with Gasteiger partial charge in [0.25, 0.3) is 0 Å². The van der Waals surface area contributed by atoms with Crippen molar-refractivity contribution in [3.63, 3.8) is 0 Å². The van der Waals surface area contributed by atoms with Crippen LogP contribution in [0.25, 0.3) is 0 Å². The highest BCUT2D eigenvalue weighted by molar-refractivity contribution is 7.99. The predicted octanol–water partition coefficient (Wildman–Crippen LogP) is 4.40. The summed E-state index contributed by atoms with van der Waals surface area (Å²) < 4.78 is 5.30. The number of amides is 1. The Morgan fingerprint density at radius 2 is 2.21 bits per heavy atom. The molecule has 1 aliphatic rings. The lowest BCUT2D eigenvalue weighted by Gasteiger charge is -2.27. The van der Waals surface area contributed by atoms with Gasteiger partial charge in [-0.1, -0.05) is 11.6 Å². The second-order valence-corrected chi connectivity index (χ2v) is 7.09. The first-order chi connectivity index (χ1) is 8.85. The molecule has 1 aromatic rings. The van der Waals surface area contributed by atoms with E-state index < -0.39 is 5.60 Å². The molecule has 0 saturated carbocycles. The number of fused-ring (bicyclic) bond motifs is 1. The van der Waals surface area contributed by atoms with Crippen molar-refractivity contribution in [2.45, 2.75) is 43.7 Å². The summed E-state index contributed by atoms with van der Waals surface area (Å²) in [5, 5.41) is 3.62. The van der Waals surface area contributed by atoms with Gasteiger partial charge in [-0.3, -0.25) is 0 Å². The molecular formula is C14H18ClNO2S. The maximum absolute atomic E-state index is 11.8. The van der Waals surface area contributed by atoms with E-state index in [-0.39, 0.29) is 12.1 Å². The molecule has 1 heterocycles. The zero-order valence-electron chi connectivity index (χ0n) is 11.3. The molecule has 104 valence electrons. The molecule has 3 nitrogen and oxygen atoms in total. The summed E-state index contributed by atoms with van der Waals surface area (Å²) in [4.78, 5) is 13.0. The summed E-state index contributed by atoms with van der Waals surface area (Å²) >= 11 is 7.82. The van der Waals surface area contributed by atoms with Crippen LogP contribution in [-0.2, 0) is 4.74 Å². The molecule has 1 atom stereocenters. The van der Waals surface area contributed by atoms with E-state index in [9.17, 15) is 4.79 Å².